The first kappa shape index (κ1) is 12.6. The van der Waals surface area contributed by atoms with Gasteiger partial charge >= 0.3 is 0 Å². The van der Waals surface area contributed by atoms with Crippen molar-refractivity contribution >= 4 is 29.3 Å². The Morgan fingerprint density at radius 2 is 1.50 bits per heavy atom. The largest absolute Gasteiger partial charge is 0.328 e. The van der Waals surface area contributed by atoms with Crippen LogP contribution >= 0.6 is 12.2 Å². The molecule has 0 saturated carbocycles. The van der Waals surface area contributed by atoms with Crippen LogP contribution in [0.4, 0.5) is 0 Å². The van der Waals surface area contributed by atoms with Gasteiger partial charge in [-0.05, 0) is 35.0 Å². The van der Waals surface area contributed by atoms with Crippen LogP contribution in [0.3, 0.4) is 0 Å². The van der Waals surface area contributed by atoms with Crippen LogP contribution < -0.4 is 10.6 Å². The molecule has 0 aliphatic carbocycles. The number of rotatable bonds is 2. The quantitative estimate of drug-likeness (QED) is 0.656. The average molecular weight is 280 g/mol. The van der Waals surface area contributed by atoms with Crippen molar-refractivity contribution in [3.8, 4) is 11.1 Å². The molecule has 4 heteroatoms. The van der Waals surface area contributed by atoms with Crippen molar-refractivity contribution in [2.75, 3.05) is 0 Å². The summed E-state index contributed by atoms with van der Waals surface area (Å²) in [6, 6.07) is 18.2. The molecule has 2 aromatic carbocycles. The third kappa shape index (κ3) is 2.60. The summed E-state index contributed by atoms with van der Waals surface area (Å²) in [6.45, 7) is 0. The molecule has 1 saturated heterocycles. The molecular weight excluding hydrogens is 268 g/mol. The summed E-state index contributed by atoms with van der Waals surface area (Å²) in [4.78, 5) is 11.5. The van der Waals surface area contributed by atoms with Crippen molar-refractivity contribution in [1.29, 1.82) is 0 Å². The molecule has 1 fully saturated rings. The van der Waals surface area contributed by atoms with Crippen molar-refractivity contribution in [2.45, 2.75) is 0 Å². The third-order valence-electron chi connectivity index (χ3n) is 3.05. The smallest absolute Gasteiger partial charge is 0.273 e. The Kier molecular flexibility index (Phi) is 3.31. The number of amides is 1. The Hall–Kier alpha value is -2.46. The van der Waals surface area contributed by atoms with Gasteiger partial charge in [0.15, 0.2) is 5.11 Å². The summed E-state index contributed by atoms with van der Waals surface area (Å²) in [5.74, 6) is -0.192. The molecule has 3 nitrogen and oxygen atoms in total. The highest BCUT2D eigenvalue weighted by Crippen LogP contribution is 2.20. The molecule has 2 aromatic rings. The van der Waals surface area contributed by atoms with E-state index in [1.165, 1.54) is 5.56 Å². The zero-order chi connectivity index (χ0) is 13.9. The van der Waals surface area contributed by atoms with E-state index in [2.05, 4.69) is 22.8 Å². The van der Waals surface area contributed by atoms with Crippen LogP contribution in [-0.2, 0) is 4.79 Å². The Morgan fingerprint density at radius 1 is 0.850 bits per heavy atom. The molecule has 0 unspecified atom stereocenters. The maximum atomic E-state index is 11.5. The zero-order valence-corrected chi connectivity index (χ0v) is 11.4. The van der Waals surface area contributed by atoms with Gasteiger partial charge in [-0.2, -0.15) is 0 Å². The van der Waals surface area contributed by atoms with E-state index in [-0.39, 0.29) is 5.91 Å². The molecule has 1 amide bonds. The highest BCUT2D eigenvalue weighted by atomic mass is 32.1. The summed E-state index contributed by atoms with van der Waals surface area (Å²) >= 11 is 4.89. The first-order chi connectivity index (χ1) is 9.72. The van der Waals surface area contributed by atoms with Crippen LogP contribution in [0.5, 0.6) is 0 Å². The third-order valence-corrected chi connectivity index (χ3v) is 3.25. The standard InChI is InChI=1S/C16H12N2OS/c19-15-14(17-16(20)18-15)10-11-6-8-13(9-7-11)12-4-2-1-3-5-12/h1-10H,(H2,17,18,19,20). The lowest BCUT2D eigenvalue weighted by Gasteiger charge is -2.02. The van der Waals surface area contributed by atoms with Crippen molar-refractivity contribution in [3.05, 3.63) is 65.9 Å². The van der Waals surface area contributed by atoms with Crippen LogP contribution in [0, 0.1) is 0 Å². The van der Waals surface area contributed by atoms with Gasteiger partial charge in [0.05, 0.1) is 0 Å². The normalized spacial score (nSPS) is 16.1. The molecule has 0 aromatic heterocycles. The van der Waals surface area contributed by atoms with Gasteiger partial charge in [0.1, 0.15) is 5.70 Å². The highest BCUT2D eigenvalue weighted by Gasteiger charge is 2.19. The highest BCUT2D eigenvalue weighted by molar-refractivity contribution is 7.80. The van der Waals surface area contributed by atoms with Gasteiger partial charge in [-0.15, -0.1) is 0 Å². The van der Waals surface area contributed by atoms with Gasteiger partial charge in [-0.1, -0.05) is 54.6 Å². The molecule has 1 aliphatic rings. The van der Waals surface area contributed by atoms with E-state index in [1.54, 1.807) is 6.08 Å². The van der Waals surface area contributed by atoms with Crippen molar-refractivity contribution < 1.29 is 4.79 Å². The SMILES string of the molecule is O=C1NC(=S)NC1=Cc1ccc(-c2ccccc2)cc1. The van der Waals surface area contributed by atoms with Gasteiger partial charge in [-0.3, -0.25) is 10.1 Å². The minimum absolute atomic E-state index is 0.192. The van der Waals surface area contributed by atoms with E-state index in [1.807, 2.05) is 42.5 Å². The maximum absolute atomic E-state index is 11.5. The van der Waals surface area contributed by atoms with E-state index in [0.29, 0.717) is 10.8 Å². The number of carbonyl (C=O) groups excluding carboxylic acids is 1. The van der Waals surface area contributed by atoms with Crippen LogP contribution in [0.25, 0.3) is 17.2 Å². The minimum atomic E-state index is -0.192. The van der Waals surface area contributed by atoms with Crippen molar-refractivity contribution in [3.63, 3.8) is 0 Å². The van der Waals surface area contributed by atoms with E-state index in [4.69, 9.17) is 12.2 Å². The molecule has 3 rings (SSSR count). The summed E-state index contributed by atoms with van der Waals surface area (Å²) in [5, 5.41) is 5.72. The Morgan fingerprint density at radius 3 is 2.10 bits per heavy atom. The second-order valence-corrected chi connectivity index (χ2v) is 4.86. The molecule has 0 atom stereocenters. The minimum Gasteiger partial charge on any atom is -0.328 e. The molecule has 98 valence electrons. The van der Waals surface area contributed by atoms with Gasteiger partial charge in [0, 0.05) is 0 Å². The number of carbonyl (C=O) groups is 1. The lowest BCUT2D eigenvalue weighted by atomic mass is 10.0. The molecule has 1 aliphatic heterocycles. The molecule has 1 heterocycles. The number of hydrogen-bond acceptors (Lipinski definition) is 2. The van der Waals surface area contributed by atoms with Crippen molar-refractivity contribution in [1.82, 2.24) is 10.6 Å². The van der Waals surface area contributed by atoms with Gasteiger partial charge in [0.25, 0.3) is 5.91 Å². The number of nitrogens with one attached hydrogen (secondary N) is 2. The first-order valence-corrected chi connectivity index (χ1v) is 6.63. The maximum Gasteiger partial charge on any atom is 0.273 e. The van der Waals surface area contributed by atoms with Crippen LogP contribution in [-0.4, -0.2) is 11.0 Å². The fourth-order valence-corrected chi connectivity index (χ4v) is 2.25. The summed E-state index contributed by atoms with van der Waals surface area (Å²) in [5.41, 5.74) is 3.74. The summed E-state index contributed by atoms with van der Waals surface area (Å²) in [6.07, 6.45) is 1.78. The summed E-state index contributed by atoms with van der Waals surface area (Å²) in [7, 11) is 0. The lowest BCUT2D eigenvalue weighted by Crippen LogP contribution is -2.21. The molecule has 0 bridgehead atoms. The fourth-order valence-electron chi connectivity index (χ4n) is 2.05. The number of hydrogen-bond donors (Lipinski definition) is 2. The second-order valence-electron chi connectivity index (χ2n) is 4.45. The Bertz CT molecular complexity index is 690. The Balaban J connectivity index is 1.86. The van der Waals surface area contributed by atoms with E-state index in [0.717, 1.165) is 11.1 Å². The predicted octanol–water partition coefficient (Wildman–Crippen LogP) is 2.70. The molecule has 2 N–H and O–H groups in total. The Labute approximate surface area is 122 Å². The number of thiocarbonyl (C=S) groups is 1. The monoisotopic (exact) mass is 280 g/mol. The topological polar surface area (TPSA) is 41.1 Å². The van der Waals surface area contributed by atoms with Crippen LogP contribution in [0.15, 0.2) is 60.3 Å². The van der Waals surface area contributed by atoms with Crippen LogP contribution in [0.1, 0.15) is 5.56 Å². The fraction of sp³-hybridized carbons (Fsp3) is 0. The number of benzene rings is 2. The van der Waals surface area contributed by atoms with Crippen LogP contribution in [0.2, 0.25) is 0 Å². The summed E-state index contributed by atoms with van der Waals surface area (Å²) < 4.78 is 0. The van der Waals surface area contributed by atoms with E-state index < -0.39 is 0 Å². The van der Waals surface area contributed by atoms with E-state index in [9.17, 15) is 4.79 Å². The molecule has 20 heavy (non-hydrogen) atoms. The average Bonchev–Trinajstić information content (AvgIpc) is 2.79. The van der Waals surface area contributed by atoms with Gasteiger partial charge < -0.3 is 5.32 Å². The lowest BCUT2D eigenvalue weighted by molar-refractivity contribution is -0.115. The van der Waals surface area contributed by atoms with E-state index >= 15 is 0 Å². The predicted molar refractivity (Wildman–Crippen MR) is 83.7 cm³/mol. The van der Waals surface area contributed by atoms with Crippen molar-refractivity contribution in [2.24, 2.45) is 0 Å². The van der Waals surface area contributed by atoms with Gasteiger partial charge in [0.2, 0.25) is 0 Å². The van der Waals surface area contributed by atoms with Gasteiger partial charge in [-0.25, -0.2) is 0 Å². The molecule has 0 spiro atoms. The second kappa shape index (κ2) is 5.27. The first-order valence-electron chi connectivity index (χ1n) is 6.22. The molecule has 0 radical (unpaired) electrons. The molecular formula is C16H12N2OS. The zero-order valence-electron chi connectivity index (χ0n) is 10.6.